The smallest absolute Gasteiger partial charge is 0.409 e. The number of piperazine rings is 1. The molecule has 2 aliphatic rings. The van der Waals surface area contributed by atoms with Crippen molar-refractivity contribution in [3.05, 3.63) is 0 Å². The molecule has 0 spiro atoms. The SMILES string of the molecule is CCOC(=O)N1CCN(C(=O)C2CCC(N)C(C)C2)CC1. The zero-order valence-electron chi connectivity index (χ0n) is 13.1. The summed E-state index contributed by atoms with van der Waals surface area (Å²) in [6, 6.07) is 0.231. The second-order valence-electron chi connectivity index (χ2n) is 6.16. The van der Waals surface area contributed by atoms with Gasteiger partial charge in [0.2, 0.25) is 5.91 Å². The van der Waals surface area contributed by atoms with E-state index in [0.717, 1.165) is 19.3 Å². The van der Waals surface area contributed by atoms with Crippen LogP contribution in [0.25, 0.3) is 0 Å². The number of rotatable bonds is 2. The van der Waals surface area contributed by atoms with Crippen molar-refractivity contribution in [1.29, 1.82) is 0 Å². The quantitative estimate of drug-likeness (QED) is 0.826. The van der Waals surface area contributed by atoms with Crippen molar-refractivity contribution in [3.8, 4) is 0 Å². The molecule has 1 heterocycles. The van der Waals surface area contributed by atoms with E-state index in [1.807, 2.05) is 4.90 Å². The topological polar surface area (TPSA) is 75.9 Å². The van der Waals surface area contributed by atoms with Gasteiger partial charge in [-0.25, -0.2) is 4.79 Å². The Kier molecular flexibility index (Phi) is 5.45. The van der Waals surface area contributed by atoms with Crippen LogP contribution in [-0.2, 0) is 9.53 Å². The molecule has 0 bridgehead atoms. The molecule has 2 rings (SSSR count). The standard InChI is InChI=1S/C15H27N3O3/c1-3-21-15(20)18-8-6-17(7-9-18)14(19)12-4-5-13(16)11(2)10-12/h11-13H,3-10,16H2,1-2H3. The second kappa shape index (κ2) is 7.11. The molecule has 1 saturated carbocycles. The van der Waals surface area contributed by atoms with Gasteiger partial charge in [0, 0.05) is 38.1 Å². The van der Waals surface area contributed by atoms with Crippen LogP contribution in [-0.4, -0.2) is 60.6 Å². The Balaban J connectivity index is 1.82. The fourth-order valence-electron chi connectivity index (χ4n) is 3.23. The summed E-state index contributed by atoms with van der Waals surface area (Å²) in [5, 5.41) is 0. The van der Waals surface area contributed by atoms with E-state index in [4.69, 9.17) is 10.5 Å². The van der Waals surface area contributed by atoms with E-state index in [1.54, 1.807) is 11.8 Å². The highest BCUT2D eigenvalue weighted by atomic mass is 16.6. The predicted molar refractivity (Wildman–Crippen MR) is 79.7 cm³/mol. The van der Waals surface area contributed by atoms with E-state index in [-0.39, 0.29) is 24.0 Å². The molecule has 0 aromatic heterocycles. The normalized spacial score (nSPS) is 30.1. The maximum absolute atomic E-state index is 12.6. The monoisotopic (exact) mass is 297 g/mol. The van der Waals surface area contributed by atoms with Crippen molar-refractivity contribution in [2.45, 2.75) is 39.2 Å². The fraction of sp³-hybridized carbons (Fsp3) is 0.867. The van der Waals surface area contributed by atoms with Gasteiger partial charge in [-0.05, 0) is 32.1 Å². The maximum atomic E-state index is 12.6. The Morgan fingerprint density at radius 1 is 1.14 bits per heavy atom. The number of nitrogens with zero attached hydrogens (tertiary/aromatic N) is 2. The Morgan fingerprint density at radius 2 is 1.76 bits per heavy atom. The molecule has 21 heavy (non-hydrogen) atoms. The van der Waals surface area contributed by atoms with Gasteiger partial charge in [0.1, 0.15) is 0 Å². The minimum Gasteiger partial charge on any atom is -0.450 e. The van der Waals surface area contributed by atoms with Crippen LogP contribution in [0.5, 0.6) is 0 Å². The molecule has 0 aromatic carbocycles. The van der Waals surface area contributed by atoms with Gasteiger partial charge in [0.05, 0.1) is 6.61 Å². The number of hydrogen-bond donors (Lipinski definition) is 1. The summed E-state index contributed by atoms with van der Waals surface area (Å²) in [4.78, 5) is 27.8. The number of hydrogen-bond acceptors (Lipinski definition) is 4. The Bertz CT molecular complexity index is 380. The van der Waals surface area contributed by atoms with E-state index in [1.165, 1.54) is 0 Å². The van der Waals surface area contributed by atoms with Crippen molar-refractivity contribution >= 4 is 12.0 Å². The lowest BCUT2D eigenvalue weighted by atomic mass is 9.78. The number of carbonyl (C=O) groups excluding carboxylic acids is 2. The zero-order chi connectivity index (χ0) is 15.4. The molecular weight excluding hydrogens is 270 g/mol. The van der Waals surface area contributed by atoms with Gasteiger partial charge in [-0.15, -0.1) is 0 Å². The van der Waals surface area contributed by atoms with Crippen molar-refractivity contribution in [1.82, 2.24) is 9.80 Å². The van der Waals surface area contributed by atoms with Gasteiger partial charge in [0.15, 0.2) is 0 Å². The molecular formula is C15H27N3O3. The number of nitrogens with two attached hydrogens (primary N) is 1. The summed E-state index contributed by atoms with van der Waals surface area (Å²) >= 11 is 0. The highest BCUT2D eigenvalue weighted by Gasteiger charge is 2.33. The van der Waals surface area contributed by atoms with Gasteiger partial charge in [-0.2, -0.15) is 0 Å². The Labute approximate surface area is 126 Å². The molecule has 6 nitrogen and oxygen atoms in total. The number of amides is 2. The van der Waals surface area contributed by atoms with Crippen LogP contribution in [0, 0.1) is 11.8 Å². The summed E-state index contributed by atoms with van der Waals surface area (Å²) in [5.74, 6) is 0.750. The van der Waals surface area contributed by atoms with E-state index >= 15 is 0 Å². The summed E-state index contributed by atoms with van der Waals surface area (Å²) in [5.41, 5.74) is 6.02. The van der Waals surface area contributed by atoms with E-state index in [2.05, 4.69) is 6.92 Å². The lowest BCUT2D eigenvalue weighted by molar-refractivity contribution is -0.138. The third-order valence-electron chi connectivity index (χ3n) is 4.70. The van der Waals surface area contributed by atoms with Crippen LogP contribution in [0.1, 0.15) is 33.1 Å². The fourth-order valence-corrected chi connectivity index (χ4v) is 3.23. The van der Waals surface area contributed by atoms with Crippen molar-refractivity contribution in [2.75, 3.05) is 32.8 Å². The predicted octanol–water partition coefficient (Wildman–Crippen LogP) is 1.05. The zero-order valence-corrected chi connectivity index (χ0v) is 13.1. The molecule has 3 atom stereocenters. The maximum Gasteiger partial charge on any atom is 0.409 e. The van der Waals surface area contributed by atoms with Crippen molar-refractivity contribution in [3.63, 3.8) is 0 Å². The van der Waals surface area contributed by atoms with Gasteiger partial charge in [-0.3, -0.25) is 4.79 Å². The Morgan fingerprint density at radius 3 is 2.33 bits per heavy atom. The summed E-state index contributed by atoms with van der Waals surface area (Å²) < 4.78 is 4.99. The minimum atomic E-state index is -0.276. The van der Waals surface area contributed by atoms with Gasteiger partial charge in [-0.1, -0.05) is 6.92 Å². The van der Waals surface area contributed by atoms with Gasteiger partial charge < -0.3 is 20.3 Å². The van der Waals surface area contributed by atoms with Crippen LogP contribution in [0.4, 0.5) is 4.79 Å². The molecule has 0 radical (unpaired) electrons. The van der Waals surface area contributed by atoms with Crippen molar-refractivity contribution in [2.24, 2.45) is 17.6 Å². The second-order valence-corrected chi connectivity index (χ2v) is 6.16. The third kappa shape index (κ3) is 3.87. The van der Waals surface area contributed by atoms with Crippen LogP contribution in [0.2, 0.25) is 0 Å². The summed E-state index contributed by atoms with van der Waals surface area (Å²) in [6.07, 6.45) is 2.43. The van der Waals surface area contributed by atoms with Crippen LogP contribution in [0.15, 0.2) is 0 Å². The molecule has 120 valence electrons. The molecule has 2 fully saturated rings. The molecule has 2 N–H and O–H groups in total. The molecule has 6 heteroatoms. The largest absolute Gasteiger partial charge is 0.450 e. The molecule has 2 amide bonds. The van der Waals surface area contributed by atoms with Crippen LogP contribution < -0.4 is 5.73 Å². The molecule has 3 unspecified atom stereocenters. The first-order valence-corrected chi connectivity index (χ1v) is 7.99. The van der Waals surface area contributed by atoms with E-state index in [0.29, 0.717) is 38.7 Å². The van der Waals surface area contributed by atoms with Gasteiger partial charge >= 0.3 is 6.09 Å². The molecule has 0 aromatic rings. The molecule has 1 saturated heterocycles. The van der Waals surface area contributed by atoms with Gasteiger partial charge in [0.25, 0.3) is 0 Å². The van der Waals surface area contributed by atoms with Crippen LogP contribution >= 0.6 is 0 Å². The lowest BCUT2D eigenvalue weighted by Crippen LogP contribution is -2.53. The highest BCUT2D eigenvalue weighted by molar-refractivity contribution is 5.79. The minimum absolute atomic E-state index is 0.106. The molecule has 1 aliphatic carbocycles. The number of ether oxygens (including phenoxy) is 1. The first kappa shape index (κ1) is 16.1. The molecule has 1 aliphatic heterocycles. The third-order valence-corrected chi connectivity index (χ3v) is 4.70. The van der Waals surface area contributed by atoms with E-state index in [9.17, 15) is 9.59 Å². The Hall–Kier alpha value is -1.30. The average molecular weight is 297 g/mol. The summed E-state index contributed by atoms with van der Waals surface area (Å²) in [6.45, 7) is 6.65. The first-order valence-electron chi connectivity index (χ1n) is 7.99. The first-order chi connectivity index (χ1) is 10.0. The van der Waals surface area contributed by atoms with Crippen molar-refractivity contribution < 1.29 is 14.3 Å². The average Bonchev–Trinajstić information content (AvgIpc) is 2.50. The lowest BCUT2D eigenvalue weighted by Gasteiger charge is -2.38. The van der Waals surface area contributed by atoms with E-state index < -0.39 is 0 Å². The summed E-state index contributed by atoms with van der Waals surface area (Å²) in [7, 11) is 0. The number of carbonyl (C=O) groups is 2. The highest BCUT2D eigenvalue weighted by Crippen LogP contribution is 2.29. The van der Waals surface area contributed by atoms with Crippen LogP contribution in [0.3, 0.4) is 0 Å².